The zero-order valence-corrected chi connectivity index (χ0v) is 14.8. The number of hydrogen-bond acceptors (Lipinski definition) is 5. The average Bonchev–Trinajstić information content (AvgIpc) is 3.18. The second-order valence-corrected chi connectivity index (χ2v) is 9.21. The number of carbonyl (C=O) groups excluding carboxylic acids is 1. The molecule has 1 aromatic heterocycles. The predicted molar refractivity (Wildman–Crippen MR) is 89.2 cm³/mol. The van der Waals surface area contributed by atoms with Crippen LogP contribution in [0.2, 0.25) is 0 Å². The Kier molecular flexibility index (Phi) is 5.05. The summed E-state index contributed by atoms with van der Waals surface area (Å²) < 4.78 is 30.1. The molecule has 0 saturated carbocycles. The molecule has 0 bridgehead atoms. The van der Waals surface area contributed by atoms with E-state index in [-0.39, 0.29) is 18.1 Å². The van der Waals surface area contributed by atoms with Gasteiger partial charge in [0.2, 0.25) is 10.0 Å². The number of carbonyl (C=O) groups is 1. The highest BCUT2D eigenvalue weighted by molar-refractivity contribution is 7.88. The molecule has 0 unspecified atom stereocenters. The SMILES string of the molecule is CS(=O)(=O)N1CCC(NC(=O)c2ccc([C@H]3CCCO3)s2)CC1. The van der Waals surface area contributed by atoms with Gasteiger partial charge in [-0.3, -0.25) is 4.79 Å². The highest BCUT2D eigenvalue weighted by Crippen LogP contribution is 2.33. The summed E-state index contributed by atoms with van der Waals surface area (Å²) in [4.78, 5) is 14.2. The Labute approximate surface area is 140 Å². The molecule has 3 rings (SSSR count). The fraction of sp³-hybridized carbons (Fsp3) is 0.667. The third kappa shape index (κ3) is 4.12. The normalized spacial score (nSPS) is 24.0. The van der Waals surface area contributed by atoms with Crippen molar-refractivity contribution in [2.24, 2.45) is 0 Å². The Hall–Kier alpha value is -0.960. The van der Waals surface area contributed by atoms with Crippen LogP contribution in [0.15, 0.2) is 12.1 Å². The van der Waals surface area contributed by atoms with Crippen LogP contribution in [0, 0.1) is 0 Å². The highest BCUT2D eigenvalue weighted by Gasteiger charge is 2.27. The number of ether oxygens (including phenoxy) is 1. The van der Waals surface area contributed by atoms with E-state index in [1.807, 2.05) is 12.1 Å². The van der Waals surface area contributed by atoms with Gasteiger partial charge in [0.25, 0.3) is 5.91 Å². The predicted octanol–water partition coefficient (Wildman–Crippen LogP) is 1.75. The molecule has 0 aliphatic carbocycles. The van der Waals surface area contributed by atoms with Gasteiger partial charge in [0.1, 0.15) is 0 Å². The number of sulfonamides is 1. The van der Waals surface area contributed by atoms with Crippen molar-refractivity contribution in [3.05, 3.63) is 21.9 Å². The van der Waals surface area contributed by atoms with Crippen LogP contribution >= 0.6 is 11.3 Å². The van der Waals surface area contributed by atoms with Crippen molar-refractivity contribution >= 4 is 27.3 Å². The van der Waals surface area contributed by atoms with Gasteiger partial charge in [0, 0.05) is 30.6 Å². The van der Waals surface area contributed by atoms with Crippen molar-refractivity contribution in [2.75, 3.05) is 26.0 Å². The Morgan fingerprint density at radius 1 is 1.30 bits per heavy atom. The Morgan fingerprint density at radius 3 is 2.65 bits per heavy atom. The maximum atomic E-state index is 12.3. The molecule has 0 spiro atoms. The monoisotopic (exact) mass is 358 g/mol. The second-order valence-electron chi connectivity index (χ2n) is 6.11. The summed E-state index contributed by atoms with van der Waals surface area (Å²) >= 11 is 1.49. The lowest BCUT2D eigenvalue weighted by Gasteiger charge is -2.30. The lowest BCUT2D eigenvalue weighted by molar-refractivity contribution is 0.0928. The van der Waals surface area contributed by atoms with Gasteiger partial charge in [-0.25, -0.2) is 12.7 Å². The van der Waals surface area contributed by atoms with Crippen molar-refractivity contribution in [2.45, 2.75) is 37.8 Å². The van der Waals surface area contributed by atoms with E-state index in [1.54, 1.807) is 0 Å². The zero-order chi connectivity index (χ0) is 16.4. The number of piperidine rings is 1. The lowest BCUT2D eigenvalue weighted by Crippen LogP contribution is -2.46. The number of rotatable bonds is 4. The molecule has 2 fully saturated rings. The van der Waals surface area contributed by atoms with Crippen LogP contribution in [-0.2, 0) is 14.8 Å². The third-order valence-electron chi connectivity index (χ3n) is 4.36. The van der Waals surface area contributed by atoms with Gasteiger partial charge in [0.15, 0.2) is 0 Å². The second kappa shape index (κ2) is 6.88. The molecule has 0 radical (unpaired) electrons. The molecular weight excluding hydrogens is 336 g/mol. The number of thiophene rings is 1. The third-order valence-corrected chi connectivity index (χ3v) is 6.84. The van der Waals surface area contributed by atoms with Crippen LogP contribution in [0.1, 0.15) is 46.3 Å². The molecule has 128 valence electrons. The van der Waals surface area contributed by atoms with E-state index in [0.29, 0.717) is 30.8 Å². The summed E-state index contributed by atoms with van der Waals surface area (Å²) in [5.41, 5.74) is 0. The molecule has 1 amide bonds. The molecule has 0 aromatic carbocycles. The maximum Gasteiger partial charge on any atom is 0.261 e. The zero-order valence-electron chi connectivity index (χ0n) is 13.2. The summed E-state index contributed by atoms with van der Waals surface area (Å²) in [7, 11) is -3.13. The van der Waals surface area contributed by atoms with Crippen LogP contribution in [0.25, 0.3) is 0 Å². The quantitative estimate of drug-likeness (QED) is 0.890. The van der Waals surface area contributed by atoms with Crippen LogP contribution in [0.4, 0.5) is 0 Å². The molecule has 2 saturated heterocycles. The van der Waals surface area contributed by atoms with Crippen molar-refractivity contribution in [3.63, 3.8) is 0 Å². The van der Waals surface area contributed by atoms with E-state index in [9.17, 15) is 13.2 Å². The van der Waals surface area contributed by atoms with Gasteiger partial charge in [-0.05, 0) is 37.8 Å². The fourth-order valence-electron chi connectivity index (χ4n) is 3.04. The summed E-state index contributed by atoms with van der Waals surface area (Å²) in [5.74, 6) is -0.0722. The van der Waals surface area contributed by atoms with Crippen molar-refractivity contribution in [1.82, 2.24) is 9.62 Å². The largest absolute Gasteiger partial charge is 0.373 e. The van der Waals surface area contributed by atoms with E-state index in [0.717, 1.165) is 24.3 Å². The fourth-order valence-corrected chi connectivity index (χ4v) is 4.91. The number of nitrogens with one attached hydrogen (secondary N) is 1. The Balaban J connectivity index is 1.54. The van der Waals surface area contributed by atoms with Gasteiger partial charge in [-0.15, -0.1) is 11.3 Å². The Bertz CT molecular complexity index is 657. The topological polar surface area (TPSA) is 75.7 Å². The number of hydrogen-bond donors (Lipinski definition) is 1. The maximum absolute atomic E-state index is 12.3. The van der Waals surface area contributed by atoms with E-state index in [4.69, 9.17) is 4.74 Å². The standard InChI is InChI=1S/C15H22N2O4S2/c1-23(19,20)17-8-6-11(7-9-17)16-15(18)14-5-4-13(22-14)12-3-2-10-21-12/h4-5,11-12H,2-3,6-10H2,1H3,(H,16,18)/t12-/m1/s1. The van der Waals surface area contributed by atoms with E-state index in [1.165, 1.54) is 21.9 Å². The number of amides is 1. The highest BCUT2D eigenvalue weighted by atomic mass is 32.2. The summed E-state index contributed by atoms with van der Waals surface area (Å²) in [6, 6.07) is 3.86. The van der Waals surface area contributed by atoms with Crippen LogP contribution in [0.5, 0.6) is 0 Å². The average molecular weight is 358 g/mol. The first-order chi connectivity index (χ1) is 10.9. The Morgan fingerprint density at radius 2 is 2.04 bits per heavy atom. The lowest BCUT2D eigenvalue weighted by atomic mass is 10.1. The van der Waals surface area contributed by atoms with Gasteiger partial charge in [-0.1, -0.05) is 0 Å². The summed E-state index contributed by atoms with van der Waals surface area (Å²) in [6.45, 7) is 1.73. The van der Waals surface area contributed by atoms with E-state index in [2.05, 4.69) is 5.32 Å². The molecule has 3 heterocycles. The molecule has 6 nitrogen and oxygen atoms in total. The molecular formula is C15H22N2O4S2. The van der Waals surface area contributed by atoms with Crippen molar-refractivity contribution < 1.29 is 17.9 Å². The minimum absolute atomic E-state index is 0.0359. The van der Waals surface area contributed by atoms with E-state index >= 15 is 0 Å². The minimum atomic E-state index is -3.13. The van der Waals surface area contributed by atoms with Gasteiger partial charge in [0.05, 0.1) is 17.2 Å². The van der Waals surface area contributed by atoms with Crippen LogP contribution < -0.4 is 5.32 Å². The molecule has 8 heteroatoms. The van der Waals surface area contributed by atoms with E-state index < -0.39 is 10.0 Å². The first-order valence-corrected chi connectivity index (χ1v) is 10.6. The summed E-state index contributed by atoms with van der Waals surface area (Å²) in [5, 5.41) is 3.02. The molecule has 1 N–H and O–H groups in total. The first-order valence-electron chi connectivity index (χ1n) is 7.91. The van der Waals surface area contributed by atoms with Gasteiger partial charge < -0.3 is 10.1 Å². The van der Waals surface area contributed by atoms with Gasteiger partial charge >= 0.3 is 0 Å². The number of nitrogens with zero attached hydrogens (tertiary/aromatic N) is 1. The first kappa shape index (κ1) is 16.9. The van der Waals surface area contributed by atoms with Crippen LogP contribution in [0.3, 0.4) is 0 Å². The molecule has 2 aliphatic rings. The molecule has 23 heavy (non-hydrogen) atoms. The minimum Gasteiger partial charge on any atom is -0.373 e. The van der Waals surface area contributed by atoms with Gasteiger partial charge in [-0.2, -0.15) is 0 Å². The van der Waals surface area contributed by atoms with Crippen LogP contribution in [-0.4, -0.2) is 50.6 Å². The molecule has 1 aromatic rings. The van der Waals surface area contributed by atoms with Crippen molar-refractivity contribution in [3.8, 4) is 0 Å². The molecule has 2 aliphatic heterocycles. The van der Waals surface area contributed by atoms with Crippen molar-refractivity contribution in [1.29, 1.82) is 0 Å². The molecule has 1 atom stereocenters. The smallest absolute Gasteiger partial charge is 0.261 e. The summed E-state index contributed by atoms with van der Waals surface area (Å²) in [6.07, 6.45) is 4.77.